The molecule has 0 bridgehead atoms. The van der Waals surface area contributed by atoms with Crippen LogP contribution in [0.3, 0.4) is 0 Å². The van der Waals surface area contributed by atoms with Crippen molar-refractivity contribution in [1.29, 1.82) is 0 Å². The Morgan fingerprint density at radius 1 is 0.884 bits per heavy atom. The first-order valence-corrected chi connectivity index (χ1v) is 18.3. The molecule has 230 valence electrons. The van der Waals surface area contributed by atoms with Gasteiger partial charge in [0.2, 0.25) is 0 Å². The van der Waals surface area contributed by atoms with E-state index < -0.39 is 15.4 Å². The number of rotatable bonds is 10. The van der Waals surface area contributed by atoms with Crippen LogP contribution in [0.1, 0.15) is 41.6 Å². The van der Waals surface area contributed by atoms with Crippen molar-refractivity contribution in [3.05, 3.63) is 100 Å². The number of hydrogen-bond donors (Lipinski definition) is 1. The molecule has 2 aliphatic rings. The predicted molar refractivity (Wildman–Crippen MR) is 176 cm³/mol. The van der Waals surface area contributed by atoms with Crippen LogP contribution in [0.15, 0.2) is 83.8 Å². The number of carbonyl (C=O) groups is 1. The second-order valence-corrected chi connectivity index (χ2v) is 15.7. The third-order valence-electron chi connectivity index (χ3n) is 8.69. The quantitative estimate of drug-likeness (QED) is 0.261. The van der Waals surface area contributed by atoms with Crippen LogP contribution in [-0.2, 0) is 15.3 Å². The van der Waals surface area contributed by atoms with Gasteiger partial charge in [-0.2, -0.15) is 11.8 Å². The Hall–Kier alpha value is -2.07. The van der Waals surface area contributed by atoms with E-state index in [0.717, 1.165) is 43.0 Å². The first-order chi connectivity index (χ1) is 20.6. The summed E-state index contributed by atoms with van der Waals surface area (Å²) < 4.78 is 25.7. The molecule has 43 heavy (non-hydrogen) atoms. The van der Waals surface area contributed by atoms with Crippen LogP contribution in [0.2, 0.25) is 10.0 Å². The van der Waals surface area contributed by atoms with Crippen molar-refractivity contribution in [3.8, 4) is 0 Å². The molecule has 5 rings (SSSR count). The standard InChI is InChI=1S/C33H38Cl2N2O4S2/c34-29-13-12-27(22-30(29)35)32(14-7-17-37(23-32)31(38)26-8-3-1-4-9-26)24-42-21-20-36-18-15-33(39,16-19-36)25-43(40,41)28-10-5-2-6-11-28/h1-6,8-13,22,39H,7,14-21,23-25H2. The summed E-state index contributed by atoms with van der Waals surface area (Å²) in [5, 5.41) is 12.2. The fourth-order valence-electron chi connectivity index (χ4n) is 6.19. The molecule has 2 saturated heterocycles. The molecule has 1 atom stereocenters. The highest BCUT2D eigenvalue weighted by Crippen LogP contribution is 2.40. The van der Waals surface area contributed by atoms with Gasteiger partial charge in [0.25, 0.3) is 5.91 Å². The Morgan fingerprint density at radius 2 is 1.56 bits per heavy atom. The minimum atomic E-state index is -3.56. The summed E-state index contributed by atoms with van der Waals surface area (Å²) >= 11 is 14.6. The number of aliphatic hydroxyl groups is 1. The maximum atomic E-state index is 13.4. The van der Waals surface area contributed by atoms with Crippen molar-refractivity contribution < 1.29 is 18.3 Å². The minimum absolute atomic E-state index is 0.0461. The van der Waals surface area contributed by atoms with E-state index in [1.165, 1.54) is 0 Å². The van der Waals surface area contributed by atoms with Gasteiger partial charge in [0.05, 0.1) is 26.3 Å². The average Bonchev–Trinajstić information content (AvgIpc) is 3.02. The zero-order valence-corrected chi connectivity index (χ0v) is 27.3. The minimum Gasteiger partial charge on any atom is -0.389 e. The lowest BCUT2D eigenvalue weighted by Crippen LogP contribution is -2.50. The maximum Gasteiger partial charge on any atom is 0.253 e. The smallest absolute Gasteiger partial charge is 0.253 e. The lowest BCUT2D eigenvalue weighted by Gasteiger charge is -2.43. The summed E-state index contributed by atoms with van der Waals surface area (Å²) in [5.74, 6) is 1.51. The molecule has 1 N–H and O–H groups in total. The highest BCUT2D eigenvalue weighted by molar-refractivity contribution is 7.99. The zero-order chi connectivity index (χ0) is 30.5. The van der Waals surface area contributed by atoms with E-state index in [0.29, 0.717) is 48.1 Å². The van der Waals surface area contributed by atoms with Crippen LogP contribution in [0.4, 0.5) is 0 Å². The molecular weight excluding hydrogens is 623 g/mol. The fraction of sp³-hybridized carbons (Fsp3) is 0.424. The third-order valence-corrected chi connectivity index (χ3v) is 12.6. The predicted octanol–water partition coefficient (Wildman–Crippen LogP) is 6.20. The molecule has 1 unspecified atom stereocenters. The number of piperidine rings is 2. The summed E-state index contributed by atoms with van der Waals surface area (Å²) in [7, 11) is -3.56. The van der Waals surface area contributed by atoms with E-state index in [1.807, 2.05) is 65.2 Å². The van der Waals surface area contributed by atoms with E-state index in [4.69, 9.17) is 23.2 Å². The number of amides is 1. The Balaban J connectivity index is 1.19. The summed E-state index contributed by atoms with van der Waals surface area (Å²) in [6.07, 6.45) is 2.69. The maximum absolute atomic E-state index is 13.4. The molecule has 0 radical (unpaired) electrons. The number of nitrogens with zero attached hydrogens (tertiary/aromatic N) is 2. The van der Waals surface area contributed by atoms with Gasteiger partial charge in [-0.3, -0.25) is 4.79 Å². The molecule has 1 amide bonds. The highest BCUT2D eigenvalue weighted by Gasteiger charge is 2.40. The molecule has 0 aliphatic carbocycles. The monoisotopic (exact) mass is 660 g/mol. The normalized spacial score (nSPS) is 21.0. The molecule has 2 heterocycles. The van der Waals surface area contributed by atoms with E-state index in [9.17, 15) is 18.3 Å². The summed E-state index contributed by atoms with van der Waals surface area (Å²) in [6, 6.07) is 23.6. The van der Waals surface area contributed by atoms with Gasteiger partial charge in [0, 0.05) is 55.2 Å². The number of hydrogen-bond acceptors (Lipinski definition) is 6. The number of carbonyl (C=O) groups excluding carboxylic acids is 1. The Labute approximate surface area is 269 Å². The molecule has 6 nitrogen and oxygen atoms in total. The topological polar surface area (TPSA) is 77.9 Å². The first-order valence-electron chi connectivity index (χ1n) is 14.7. The largest absolute Gasteiger partial charge is 0.389 e. The van der Waals surface area contributed by atoms with Gasteiger partial charge in [-0.25, -0.2) is 8.42 Å². The number of halogens is 2. The number of benzene rings is 3. The van der Waals surface area contributed by atoms with Gasteiger partial charge in [-0.05, 0) is 67.6 Å². The van der Waals surface area contributed by atoms with Crippen LogP contribution >= 0.6 is 35.0 Å². The molecular formula is C33H38Cl2N2O4S2. The molecule has 0 spiro atoms. The summed E-state index contributed by atoms with van der Waals surface area (Å²) in [4.78, 5) is 17.9. The molecule has 2 fully saturated rings. The Kier molecular flexibility index (Phi) is 10.5. The zero-order valence-electron chi connectivity index (χ0n) is 24.1. The van der Waals surface area contributed by atoms with E-state index in [2.05, 4.69) is 4.90 Å². The number of likely N-dealkylation sites (tertiary alicyclic amines) is 2. The van der Waals surface area contributed by atoms with Crippen LogP contribution in [-0.4, -0.2) is 84.8 Å². The number of thioether (sulfide) groups is 1. The molecule has 0 saturated carbocycles. The molecule has 10 heteroatoms. The van der Waals surface area contributed by atoms with Crippen LogP contribution in [0.5, 0.6) is 0 Å². The molecule has 2 aliphatic heterocycles. The van der Waals surface area contributed by atoms with Gasteiger partial charge < -0.3 is 14.9 Å². The summed E-state index contributed by atoms with van der Waals surface area (Å²) in [6.45, 7) is 3.48. The molecule has 3 aromatic rings. The van der Waals surface area contributed by atoms with E-state index in [-0.39, 0.29) is 22.0 Å². The Morgan fingerprint density at radius 3 is 2.23 bits per heavy atom. The summed E-state index contributed by atoms with van der Waals surface area (Å²) in [5.41, 5.74) is 0.326. The fourth-order valence-corrected chi connectivity index (χ4v) is 9.55. The van der Waals surface area contributed by atoms with Gasteiger partial charge in [-0.1, -0.05) is 65.7 Å². The average molecular weight is 662 g/mol. The second kappa shape index (κ2) is 13.9. The van der Waals surface area contributed by atoms with Crippen LogP contribution < -0.4 is 0 Å². The van der Waals surface area contributed by atoms with Gasteiger partial charge in [-0.15, -0.1) is 0 Å². The van der Waals surface area contributed by atoms with Crippen molar-refractivity contribution in [3.63, 3.8) is 0 Å². The second-order valence-electron chi connectivity index (χ2n) is 11.8. The van der Waals surface area contributed by atoms with Crippen LogP contribution in [0.25, 0.3) is 0 Å². The van der Waals surface area contributed by atoms with Crippen LogP contribution in [0, 0.1) is 0 Å². The van der Waals surface area contributed by atoms with Gasteiger partial charge >= 0.3 is 0 Å². The highest BCUT2D eigenvalue weighted by atomic mass is 35.5. The van der Waals surface area contributed by atoms with Crippen molar-refractivity contribution in [2.45, 2.75) is 41.6 Å². The van der Waals surface area contributed by atoms with Gasteiger partial charge in [0.1, 0.15) is 0 Å². The third kappa shape index (κ3) is 7.96. The van der Waals surface area contributed by atoms with Crippen molar-refractivity contribution in [2.75, 3.05) is 50.0 Å². The SMILES string of the molecule is O=C(c1ccccc1)N1CCCC(CSCCN2CCC(O)(CS(=O)(=O)c3ccccc3)CC2)(c2ccc(Cl)c(Cl)c2)C1. The first kappa shape index (κ1) is 32.3. The lowest BCUT2D eigenvalue weighted by atomic mass is 9.75. The Bertz CT molecular complexity index is 1500. The molecule has 3 aromatic carbocycles. The van der Waals surface area contributed by atoms with Crippen molar-refractivity contribution >= 4 is 50.7 Å². The van der Waals surface area contributed by atoms with E-state index >= 15 is 0 Å². The van der Waals surface area contributed by atoms with E-state index in [1.54, 1.807) is 30.3 Å². The van der Waals surface area contributed by atoms with Crippen molar-refractivity contribution in [1.82, 2.24) is 9.80 Å². The van der Waals surface area contributed by atoms with Crippen molar-refractivity contribution in [2.24, 2.45) is 0 Å². The number of sulfone groups is 1. The lowest BCUT2D eigenvalue weighted by molar-refractivity contribution is -0.000824. The molecule has 0 aromatic heterocycles. The van der Waals surface area contributed by atoms with Gasteiger partial charge in [0.15, 0.2) is 9.84 Å².